The normalized spacial score (nSPS) is 14.2. The Bertz CT molecular complexity index is 594. The van der Waals surface area contributed by atoms with Crippen LogP contribution in [0.15, 0.2) is 49.6 Å². The smallest absolute Gasteiger partial charge is 0.253 e. The zero-order chi connectivity index (χ0) is 18.1. The van der Waals surface area contributed by atoms with Crippen molar-refractivity contribution in [1.29, 1.82) is 0 Å². The molecule has 1 aliphatic rings. The Morgan fingerprint density at radius 1 is 1.04 bits per heavy atom. The van der Waals surface area contributed by atoms with Gasteiger partial charge in [0.2, 0.25) is 5.91 Å². The molecule has 1 aliphatic heterocycles. The van der Waals surface area contributed by atoms with E-state index in [4.69, 9.17) is 0 Å². The van der Waals surface area contributed by atoms with Crippen molar-refractivity contribution in [1.82, 2.24) is 9.80 Å². The number of nitrogens with zero attached hydrogens (tertiary/aromatic N) is 2. The van der Waals surface area contributed by atoms with Crippen molar-refractivity contribution in [3.8, 4) is 0 Å². The maximum absolute atomic E-state index is 12.4. The molecule has 0 saturated carbocycles. The third-order valence-electron chi connectivity index (χ3n) is 4.20. The standard InChI is InChI=1S/C20H27N3O2/c1-3-12-22(13-4-2)16-19(24)21-18-10-8-17(9-11-18)20(25)23-14-6-5-7-15-23/h3-4,8-11H,1-2,5-7,12-16H2,(H,21,24). The highest BCUT2D eigenvalue weighted by atomic mass is 16.2. The molecule has 0 aromatic heterocycles. The molecule has 5 nitrogen and oxygen atoms in total. The lowest BCUT2D eigenvalue weighted by atomic mass is 10.1. The van der Waals surface area contributed by atoms with E-state index in [0.717, 1.165) is 25.9 Å². The van der Waals surface area contributed by atoms with Gasteiger partial charge in [0.25, 0.3) is 5.91 Å². The van der Waals surface area contributed by atoms with Crippen molar-refractivity contribution in [3.05, 3.63) is 55.1 Å². The number of amides is 2. The molecule has 5 heteroatoms. The molecule has 0 unspecified atom stereocenters. The van der Waals surface area contributed by atoms with Crippen LogP contribution in [0, 0.1) is 0 Å². The average molecular weight is 341 g/mol. The van der Waals surface area contributed by atoms with Crippen molar-refractivity contribution >= 4 is 17.5 Å². The number of anilines is 1. The van der Waals surface area contributed by atoms with Crippen LogP contribution in [0.1, 0.15) is 29.6 Å². The van der Waals surface area contributed by atoms with E-state index < -0.39 is 0 Å². The highest BCUT2D eigenvalue weighted by Gasteiger charge is 2.18. The van der Waals surface area contributed by atoms with E-state index in [0.29, 0.717) is 24.3 Å². The monoisotopic (exact) mass is 341 g/mol. The Hall–Kier alpha value is -2.40. The van der Waals surface area contributed by atoms with Gasteiger partial charge in [-0.2, -0.15) is 0 Å². The van der Waals surface area contributed by atoms with Gasteiger partial charge in [0.1, 0.15) is 0 Å². The summed E-state index contributed by atoms with van der Waals surface area (Å²) in [6.45, 7) is 10.6. The lowest BCUT2D eigenvalue weighted by Gasteiger charge is -2.26. The molecule has 1 N–H and O–H groups in total. The van der Waals surface area contributed by atoms with Crippen LogP contribution < -0.4 is 5.32 Å². The number of piperidine rings is 1. The van der Waals surface area contributed by atoms with Gasteiger partial charge in [-0.1, -0.05) is 12.2 Å². The molecule has 1 heterocycles. The fourth-order valence-corrected chi connectivity index (χ4v) is 2.95. The van der Waals surface area contributed by atoms with Gasteiger partial charge in [0, 0.05) is 37.4 Å². The second-order valence-electron chi connectivity index (χ2n) is 6.25. The molecule has 0 aliphatic carbocycles. The van der Waals surface area contributed by atoms with Gasteiger partial charge in [0.15, 0.2) is 0 Å². The SMILES string of the molecule is C=CCN(CC=C)CC(=O)Nc1ccc(C(=O)N2CCCCC2)cc1. The van der Waals surface area contributed by atoms with Gasteiger partial charge >= 0.3 is 0 Å². The summed E-state index contributed by atoms with van der Waals surface area (Å²) in [5.41, 5.74) is 1.36. The zero-order valence-corrected chi connectivity index (χ0v) is 14.7. The van der Waals surface area contributed by atoms with E-state index in [-0.39, 0.29) is 18.4 Å². The maximum Gasteiger partial charge on any atom is 0.253 e. The fourth-order valence-electron chi connectivity index (χ4n) is 2.95. The van der Waals surface area contributed by atoms with Gasteiger partial charge in [-0.15, -0.1) is 13.2 Å². The summed E-state index contributed by atoms with van der Waals surface area (Å²) in [6.07, 6.45) is 6.87. The Morgan fingerprint density at radius 3 is 2.20 bits per heavy atom. The summed E-state index contributed by atoms with van der Waals surface area (Å²) in [5, 5.41) is 2.86. The van der Waals surface area contributed by atoms with Crippen LogP contribution >= 0.6 is 0 Å². The van der Waals surface area contributed by atoms with Crippen molar-refractivity contribution in [3.63, 3.8) is 0 Å². The maximum atomic E-state index is 12.4. The minimum absolute atomic E-state index is 0.0701. The lowest BCUT2D eigenvalue weighted by molar-refractivity contribution is -0.117. The number of likely N-dealkylation sites (tertiary alicyclic amines) is 1. The van der Waals surface area contributed by atoms with Gasteiger partial charge in [0.05, 0.1) is 6.54 Å². The van der Waals surface area contributed by atoms with Gasteiger partial charge < -0.3 is 10.2 Å². The van der Waals surface area contributed by atoms with Crippen LogP contribution in [-0.2, 0) is 4.79 Å². The lowest BCUT2D eigenvalue weighted by Crippen LogP contribution is -2.35. The van der Waals surface area contributed by atoms with Gasteiger partial charge in [-0.3, -0.25) is 14.5 Å². The number of rotatable bonds is 8. The van der Waals surface area contributed by atoms with Gasteiger partial charge in [-0.05, 0) is 43.5 Å². The average Bonchev–Trinajstić information content (AvgIpc) is 2.63. The summed E-state index contributed by atoms with van der Waals surface area (Å²) in [5.74, 6) is -0.0282. The van der Waals surface area contributed by atoms with Crippen LogP contribution in [-0.4, -0.2) is 54.3 Å². The highest BCUT2D eigenvalue weighted by Crippen LogP contribution is 2.15. The largest absolute Gasteiger partial charge is 0.339 e. The third-order valence-corrected chi connectivity index (χ3v) is 4.20. The van der Waals surface area contributed by atoms with Crippen LogP contribution in [0.2, 0.25) is 0 Å². The molecule has 1 fully saturated rings. The van der Waals surface area contributed by atoms with Gasteiger partial charge in [-0.25, -0.2) is 0 Å². The third kappa shape index (κ3) is 5.87. The van der Waals surface area contributed by atoms with E-state index >= 15 is 0 Å². The number of carbonyl (C=O) groups is 2. The highest BCUT2D eigenvalue weighted by molar-refractivity contribution is 5.96. The molecule has 1 aromatic rings. The summed E-state index contributed by atoms with van der Waals surface area (Å²) in [4.78, 5) is 28.4. The predicted molar refractivity (Wildman–Crippen MR) is 102 cm³/mol. The van der Waals surface area contributed by atoms with Crippen LogP contribution in [0.25, 0.3) is 0 Å². The Labute approximate surface area is 150 Å². The molecule has 1 aromatic carbocycles. The Kier molecular flexibility index (Phi) is 7.41. The molecule has 0 bridgehead atoms. The van der Waals surface area contributed by atoms with E-state index in [2.05, 4.69) is 18.5 Å². The van der Waals surface area contributed by atoms with E-state index in [9.17, 15) is 9.59 Å². The second-order valence-corrected chi connectivity index (χ2v) is 6.25. The minimum atomic E-state index is -0.0983. The van der Waals surface area contributed by atoms with Crippen LogP contribution in [0.4, 0.5) is 5.69 Å². The first-order valence-electron chi connectivity index (χ1n) is 8.77. The molecule has 2 amide bonds. The number of hydrogen-bond donors (Lipinski definition) is 1. The predicted octanol–water partition coefficient (Wildman–Crippen LogP) is 2.93. The molecule has 2 rings (SSSR count). The van der Waals surface area contributed by atoms with E-state index in [1.165, 1.54) is 6.42 Å². The van der Waals surface area contributed by atoms with Crippen molar-refractivity contribution in [2.75, 3.05) is 38.0 Å². The summed E-state index contributed by atoms with van der Waals surface area (Å²) in [6, 6.07) is 7.11. The topological polar surface area (TPSA) is 52.7 Å². The molecular weight excluding hydrogens is 314 g/mol. The minimum Gasteiger partial charge on any atom is -0.339 e. The molecule has 0 radical (unpaired) electrons. The fraction of sp³-hybridized carbons (Fsp3) is 0.400. The molecular formula is C20H27N3O2. The quantitative estimate of drug-likeness (QED) is 0.740. The van der Waals surface area contributed by atoms with Crippen molar-refractivity contribution in [2.45, 2.75) is 19.3 Å². The van der Waals surface area contributed by atoms with Crippen molar-refractivity contribution < 1.29 is 9.59 Å². The number of hydrogen-bond acceptors (Lipinski definition) is 3. The van der Waals surface area contributed by atoms with Crippen LogP contribution in [0.5, 0.6) is 0 Å². The van der Waals surface area contributed by atoms with Crippen LogP contribution in [0.3, 0.4) is 0 Å². The number of benzene rings is 1. The molecule has 0 spiro atoms. The first kappa shape index (κ1) is 18.9. The number of carbonyl (C=O) groups excluding carboxylic acids is 2. The van der Waals surface area contributed by atoms with E-state index in [1.54, 1.807) is 36.4 Å². The number of nitrogens with one attached hydrogen (secondary N) is 1. The second kappa shape index (κ2) is 9.79. The molecule has 0 atom stereocenters. The summed E-state index contributed by atoms with van der Waals surface area (Å²) >= 11 is 0. The molecule has 25 heavy (non-hydrogen) atoms. The first-order chi connectivity index (χ1) is 12.1. The van der Waals surface area contributed by atoms with Crippen molar-refractivity contribution in [2.24, 2.45) is 0 Å². The first-order valence-corrected chi connectivity index (χ1v) is 8.77. The van der Waals surface area contributed by atoms with E-state index in [1.807, 2.05) is 9.80 Å². The molecule has 1 saturated heterocycles. The summed E-state index contributed by atoms with van der Waals surface area (Å²) in [7, 11) is 0. The Balaban J connectivity index is 1.90. The zero-order valence-electron chi connectivity index (χ0n) is 14.7. The Morgan fingerprint density at radius 2 is 1.64 bits per heavy atom. The summed E-state index contributed by atoms with van der Waals surface area (Å²) < 4.78 is 0. The molecule has 134 valence electrons.